The number of nitrogens with zero attached hydrogens (tertiary/aromatic N) is 2. The predicted molar refractivity (Wildman–Crippen MR) is 74.7 cm³/mol. The Hall–Kier alpha value is 0.220. The number of hydrogen-bond donors (Lipinski definition) is 1. The van der Waals surface area contributed by atoms with Crippen molar-refractivity contribution in [3.05, 3.63) is 0 Å². The van der Waals surface area contributed by atoms with Gasteiger partial charge in [-0.3, -0.25) is 0 Å². The highest BCUT2D eigenvalue weighted by Gasteiger charge is 2.09. The van der Waals surface area contributed by atoms with Gasteiger partial charge in [-0.2, -0.15) is 0 Å². The summed E-state index contributed by atoms with van der Waals surface area (Å²) in [4.78, 5) is 0. The molecule has 1 rings (SSSR count). The normalized spacial score (nSPS) is 13.3. The molecule has 92 valence electrons. The fourth-order valence-electron chi connectivity index (χ4n) is 1.12. The molecule has 3 nitrogen and oxygen atoms in total. The third kappa shape index (κ3) is 5.52. The molecule has 0 bridgehead atoms. The summed E-state index contributed by atoms with van der Waals surface area (Å²) in [5.41, 5.74) is 0. The average molecular weight is 277 g/mol. The molecule has 0 aliphatic heterocycles. The van der Waals surface area contributed by atoms with E-state index in [1.807, 2.05) is 6.26 Å². The number of rotatable bonds is 7. The maximum atomic E-state index is 4.15. The van der Waals surface area contributed by atoms with E-state index in [1.54, 1.807) is 34.9 Å². The summed E-state index contributed by atoms with van der Waals surface area (Å²) in [6, 6.07) is 0. The van der Waals surface area contributed by atoms with Crippen molar-refractivity contribution in [3.63, 3.8) is 0 Å². The fraction of sp³-hybridized carbons (Fsp3) is 0.800. The molecule has 1 atom stereocenters. The molecular formula is C10H19N3S3. The summed E-state index contributed by atoms with van der Waals surface area (Å²) in [5, 5.41) is 12.2. The molecule has 6 heteroatoms. The molecule has 1 N–H and O–H groups in total. The highest BCUT2D eigenvalue weighted by Crippen LogP contribution is 2.29. The van der Waals surface area contributed by atoms with E-state index in [-0.39, 0.29) is 0 Å². The zero-order chi connectivity index (χ0) is 12.0. The van der Waals surface area contributed by atoms with Crippen molar-refractivity contribution in [2.24, 2.45) is 5.92 Å². The summed E-state index contributed by atoms with van der Waals surface area (Å²) >= 11 is 5.13. The van der Waals surface area contributed by atoms with E-state index < -0.39 is 0 Å². The first-order valence-corrected chi connectivity index (χ1v) is 8.28. The molecule has 16 heavy (non-hydrogen) atoms. The van der Waals surface area contributed by atoms with Crippen molar-refractivity contribution in [2.45, 2.75) is 34.7 Å². The Balaban J connectivity index is 2.25. The Morgan fingerprint density at radius 1 is 1.19 bits per heavy atom. The predicted octanol–water partition coefficient (Wildman–Crippen LogP) is 2.99. The summed E-state index contributed by atoms with van der Waals surface area (Å²) in [7, 11) is 0. The van der Waals surface area contributed by atoms with Crippen LogP contribution in [0.4, 0.5) is 0 Å². The van der Waals surface area contributed by atoms with Crippen LogP contribution in [0.2, 0.25) is 0 Å². The zero-order valence-electron chi connectivity index (χ0n) is 10.2. The second-order valence-electron chi connectivity index (χ2n) is 4.02. The van der Waals surface area contributed by atoms with Crippen molar-refractivity contribution >= 4 is 34.9 Å². The Labute approximate surface area is 110 Å². The monoisotopic (exact) mass is 277 g/mol. The van der Waals surface area contributed by atoms with E-state index in [4.69, 9.17) is 0 Å². The summed E-state index contributed by atoms with van der Waals surface area (Å²) in [6.45, 7) is 8.77. The molecule has 0 aromatic carbocycles. The van der Waals surface area contributed by atoms with Gasteiger partial charge in [0.25, 0.3) is 0 Å². The molecule has 0 radical (unpaired) electrons. The lowest BCUT2D eigenvalue weighted by Gasteiger charge is -2.11. The van der Waals surface area contributed by atoms with E-state index in [9.17, 15) is 0 Å². The minimum Gasteiger partial charge on any atom is -0.315 e. The SMILES string of the molecule is CSc1nnc(SC(C)CNCC(C)C)s1. The third-order valence-corrected chi connectivity index (χ3v) is 4.93. The van der Waals surface area contributed by atoms with E-state index in [2.05, 4.69) is 36.3 Å². The minimum atomic E-state index is 0.543. The van der Waals surface area contributed by atoms with Gasteiger partial charge in [0.05, 0.1) is 0 Å². The second-order valence-corrected chi connectivity index (χ2v) is 7.74. The maximum Gasteiger partial charge on any atom is 0.175 e. The van der Waals surface area contributed by atoms with Crippen LogP contribution >= 0.6 is 34.9 Å². The molecule has 0 aliphatic carbocycles. The maximum absolute atomic E-state index is 4.15. The zero-order valence-corrected chi connectivity index (χ0v) is 12.6. The van der Waals surface area contributed by atoms with Gasteiger partial charge in [-0.15, -0.1) is 10.2 Å². The van der Waals surface area contributed by atoms with Gasteiger partial charge < -0.3 is 5.32 Å². The Morgan fingerprint density at radius 3 is 2.44 bits per heavy atom. The van der Waals surface area contributed by atoms with Gasteiger partial charge in [-0.1, -0.05) is 55.6 Å². The summed E-state index contributed by atoms with van der Waals surface area (Å²) in [5.74, 6) is 0.710. The van der Waals surface area contributed by atoms with Crippen LogP contribution in [-0.4, -0.2) is 34.8 Å². The van der Waals surface area contributed by atoms with E-state index in [0.29, 0.717) is 11.2 Å². The lowest BCUT2D eigenvalue weighted by Crippen LogP contribution is -2.26. The van der Waals surface area contributed by atoms with Gasteiger partial charge in [0.15, 0.2) is 8.68 Å². The largest absolute Gasteiger partial charge is 0.315 e. The van der Waals surface area contributed by atoms with Crippen LogP contribution in [0.15, 0.2) is 8.68 Å². The number of nitrogens with one attached hydrogen (secondary N) is 1. The number of aromatic nitrogens is 2. The molecule has 1 unspecified atom stereocenters. The molecule has 0 spiro atoms. The quantitative estimate of drug-likeness (QED) is 0.776. The van der Waals surface area contributed by atoms with Crippen molar-refractivity contribution in [2.75, 3.05) is 19.3 Å². The molecule has 0 saturated carbocycles. The Morgan fingerprint density at radius 2 is 1.88 bits per heavy atom. The number of thioether (sulfide) groups is 2. The highest BCUT2D eigenvalue weighted by atomic mass is 32.2. The number of hydrogen-bond acceptors (Lipinski definition) is 6. The van der Waals surface area contributed by atoms with Gasteiger partial charge in [0.1, 0.15) is 0 Å². The van der Waals surface area contributed by atoms with Crippen LogP contribution in [-0.2, 0) is 0 Å². The summed E-state index contributed by atoms with van der Waals surface area (Å²) in [6.07, 6.45) is 2.03. The first-order chi connectivity index (χ1) is 7.61. The minimum absolute atomic E-state index is 0.543. The van der Waals surface area contributed by atoms with Crippen molar-refractivity contribution in [1.29, 1.82) is 0 Å². The topological polar surface area (TPSA) is 37.8 Å². The van der Waals surface area contributed by atoms with Crippen molar-refractivity contribution in [3.8, 4) is 0 Å². The van der Waals surface area contributed by atoms with Crippen molar-refractivity contribution in [1.82, 2.24) is 15.5 Å². The van der Waals surface area contributed by atoms with Gasteiger partial charge in [0, 0.05) is 11.8 Å². The smallest absolute Gasteiger partial charge is 0.175 e. The van der Waals surface area contributed by atoms with E-state index in [0.717, 1.165) is 21.8 Å². The standard InChI is InChI=1S/C10H19N3S3/c1-7(2)5-11-6-8(3)15-10-13-12-9(14-4)16-10/h7-8,11H,5-6H2,1-4H3. The van der Waals surface area contributed by atoms with Crippen LogP contribution in [0.3, 0.4) is 0 Å². The van der Waals surface area contributed by atoms with Gasteiger partial charge in [0.2, 0.25) is 0 Å². The molecule has 1 aromatic heterocycles. The highest BCUT2D eigenvalue weighted by molar-refractivity contribution is 8.03. The van der Waals surface area contributed by atoms with Gasteiger partial charge in [-0.25, -0.2) is 0 Å². The van der Waals surface area contributed by atoms with Crippen LogP contribution in [0, 0.1) is 5.92 Å². The first-order valence-electron chi connectivity index (χ1n) is 5.36. The lowest BCUT2D eigenvalue weighted by atomic mass is 10.2. The molecule has 0 fully saturated rings. The molecular weight excluding hydrogens is 258 g/mol. The fourth-order valence-corrected chi connectivity index (χ4v) is 3.84. The first kappa shape index (κ1) is 14.3. The van der Waals surface area contributed by atoms with Crippen LogP contribution in [0.1, 0.15) is 20.8 Å². The van der Waals surface area contributed by atoms with E-state index in [1.165, 1.54) is 0 Å². The van der Waals surface area contributed by atoms with E-state index >= 15 is 0 Å². The van der Waals surface area contributed by atoms with Gasteiger partial charge >= 0.3 is 0 Å². The third-order valence-electron chi connectivity index (χ3n) is 1.85. The molecule has 0 aliphatic rings. The Bertz CT molecular complexity index is 301. The molecule has 1 aromatic rings. The Kier molecular flexibility index (Phi) is 6.72. The molecule has 0 saturated heterocycles. The lowest BCUT2D eigenvalue weighted by molar-refractivity contribution is 0.554. The van der Waals surface area contributed by atoms with Crippen molar-refractivity contribution < 1.29 is 0 Å². The van der Waals surface area contributed by atoms with Crippen LogP contribution in [0.25, 0.3) is 0 Å². The average Bonchev–Trinajstić information content (AvgIpc) is 2.65. The molecule has 1 heterocycles. The summed E-state index contributed by atoms with van der Waals surface area (Å²) < 4.78 is 2.12. The van der Waals surface area contributed by atoms with Gasteiger partial charge in [-0.05, 0) is 18.7 Å². The van der Waals surface area contributed by atoms with Crippen LogP contribution in [0.5, 0.6) is 0 Å². The second kappa shape index (κ2) is 7.53. The molecule has 0 amide bonds. The van der Waals surface area contributed by atoms with Crippen LogP contribution < -0.4 is 5.32 Å².